The molecule has 0 aliphatic heterocycles. The number of aromatic nitrogens is 1. The van der Waals surface area contributed by atoms with Crippen LogP contribution in [0.4, 0.5) is 5.13 Å². The van der Waals surface area contributed by atoms with Crippen molar-refractivity contribution in [3.63, 3.8) is 0 Å². The third-order valence-electron chi connectivity index (χ3n) is 5.17. The van der Waals surface area contributed by atoms with E-state index < -0.39 is 41.4 Å². The largest absolute Gasteiger partial charge is 0.504 e. The van der Waals surface area contributed by atoms with Crippen LogP contribution < -0.4 is 5.73 Å². The van der Waals surface area contributed by atoms with Crippen molar-refractivity contribution >= 4 is 34.1 Å². The van der Waals surface area contributed by atoms with Gasteiger partial charge in [-0.1, -0.05) is 71.9 Å². The number of carboxylic acids is 1. The molecule has 10 nitrogen and oxygen atoms in total. The van der Waals surface area contributed by atoms with E-state index in [-0.39, 0.29) is 16.4 Å². The van der Waals surface area contributed by atoms with Gasteiger partial charge in [-0.05, 0) is 23.3 Å². The summed E-state index contributed by atoms with van der Waals surface area (Å²) in [4.78, 5) is 34.6. The number of rotatable bonds is 9. The molecule has 3 aromatic carbocycles. The summed E-state index contributed by atoms with van der Waals surface area (Å²) < 4.78 is 5.85. The second kappa shape index (κ2) is 11.2. The number of hydrogen-bond donors (Lipinski definition) is 4. The molecule has 0 saturated heterocycles. The number of carbonyl (C=O) groups excluding carboxylic acids is 1. The minimum absolute atomic E-state index is 0.0536. The molecule has 0 aliphatic rings. The Morgan fingerprint density at radius 2 is 1.51 bits per heavy atom. The van der Waals surface area contributed by atoms with Crippen LogP contribution in [0.5, 0.6) is 11.5 Å². The Bertz CT molecular complexity index is 1390. The molecule has 0 saturated carbocycles. The van der Waals surface area contributed by atoms with Gasteiger partial charge in [-0.15, -0.1) is 11.3 Å². The van der Waals surface area contributed by atoms with E-state index >= 15 is 0 Å². The second-order valence-electron chi connectivity index (χ2n) is 7.69. The number of carbonyl (C=O) groups is 2. The van der Waals surface area contributed by atoms with Gasteiger partial charge in [-0.2, -0.15) is 0 Å². The summed E-state index contributed by atoms with van der Waals surface area (Å²) >= 11 is 1.01. The van der Waals surface area contributed by atoms with Crippen LogP contribution in [0.2, 0.25) is 0 Å². The first kappa shape index (κ1) is 25.2. The van der Waals surface area contributed by atoms with Gasteiger partial charge in [-0.25, -0.2) is 14.6 Å². The van der Waals surface area contributed by atoms with Crippen LogP contribution in [-0.4, -0.2) is 38.0 Å². The highest BCUT2D eigenvalue weighted by atomic mass is 32.1. The zero-order valence-electron chi connectivity index (χ0n) is 19.1. The first-order valence-corrected chi connectivity index (χ1v) is 11.7. The van der Waals surface area contributed by atoms with Gasteiger partial charge >= 0.3 is 11.9 Å². The Hall–Kier alpha value is -4.90. The number of ether oxygens (including phenoxy) is 1. The molecular formula is C26H21N3O7S. The third-order valence-corrected chi connectivity index (χ3v) is 5.85. The lowest BCUT2D eigenvalue weighted by Crippen LogP contribution is -2.22. The Morgan fingerprint density at radius 3 is 2.03 bits per heavy atom. The maximum atomic E-state index is 13.5. The lowest BCUT2D eigenvalue weighted by molar-refractivity contribution is -0.162. The number of oxime groups is 1. The van der Waals surface area contributed by atoms with Crippen LogP contribution in [0.3, 0.4) is 0 Å². The van der Waals surface area contributed by atoms with Crippen LogP contribution in [0.15, 0.2) is 89.4 Å². The minimum Gasteiger partial charge on any atom is -0.504 e. The van der Waals surface area contributed by atoms with Gasteiger partial charge in [0.05, 0.1) is 0 Å². The smallest absolute Gasteiger partial charge is 0.360 e. The fourth-order valence-corrected chi connectivity index (χ4v) is 3.95. The average Bonchev–Trinajstić information content (AvgIpc) is 3.33. The molecule has 0 amide bonds. The van der Waals surface area contributed by atoms with Crippen molar-refractivity contribution in [2.75, 3.05) is 5.73 Å². The highest BCUT2D eigenvalue weighted by molar-refractivity contribution is 7.13. The molecule has 0 aliphatic carbocycles. The monoisotopic (exact) mass is 519 g/mol. The Kier molecular flexibility index (Phi) is 7.65. The maximum Gasteiger partial charge on any atom is 0.360 e. The number of thiazole rings is 1. The fraction of sp³-hybridized carbons (Fsp3) is 0.0769. The molecule has 0 radical (unpaired) electrons. The van der Waals surface area contributed by atoms with E-state index in [0.29, 0.717) is 11.1 Å². The van der Waals surface area contributed by atoms with Gasteiger partial charge in [0, 0.05) is 10.9 Å². The molecule has 5 N–H and O–H groups in total. The van der Waals surface area contributed by atoms with E-state index in [9.17, 15) is 24.9 Å². The van der Waals surface area contributed by atoms with Crippen LogP contribution in [-0.2, 0) is 19.2 Å². The summed E-state index contributed by atoms with van der Waals surface area (Å²) in [6, 6.07) is 21.6. The number of nitrogens with two attached hydrogens (primary N) is 1. The number of benzene rings is 3. The molecule has 0 spiro atoms. The van der Waals surface area contributed by atoms with E-state index in [1.165, 1.54) is 11.4 Å². The highest BCUT2D eigenvalue weighted by Gasteiger charge is 2.30. The van der Waals surface area contributed by atoms with Crippen molar-refractivity contribution in [1.29, 1.82) is 0 Å². The van der Waals surface area contributed by atoms with Crippen molar-refractivity contribution < 1.29 is 34.5 Å². The number of nitrogen functional groups attached to an aromatic ring is 1. The summed E-state index contributed by atoms with van der Waals surface area (Å²) in [6.45, 7) is 0. The number of esters is 1. The van der Waals surface area contributed by atoms with Crippen LogP contribution in [0.1, 0.15) is 34.6 Å². The molecule has 4 rings (SSSR count). The van der Waals surface area contributed by atoms with Crippen LogP contribution in [0.25, 0.3) is 0 Å². The number of anilines is 1. The number of carboxylic acid groups (broad SMARTS) is 1. The maximum absolute atomic E-state index is 13.5. The van der Waals surface area contributed by atoms with Gasteiger partial charge in [0.25, 0.3) is 0 Å². The molecule has 188 valence electrons. The number of hydrogen-bond acceptors (Lipinski definition) is 10. The number of phenols is 2. The van der Waals surface area contributed by atoms with Gasteiger partial charge in [-0.3, -0.25) is 0 Å². The molecule has 1 atom stereocenters. The second-order valence-corrected chi connectivity index (χ2v) is 8.58. The predicted molar refractivity (Wildman–Crippen MR) is 135 cm³/mol. The van der Waals surface area contributed by atoms with E-state index in [4.69, 9.17) is 15.3 Å². The van der Waals surface area contributed by atoms with Gasteiger partial charge < -0.3 is 30.6 Å². The standard InChI is InChI=1S/C26H21N3O7S/c27-26-28-18(14-37-26)21(24(32)33)29-36-23(17-11-12-19(30)20(31)13-17)25(34)35-22(15-7-3-1-4-8-15)16-9-5-2-6-10-16/h1-14,22-23,30-31H,(H2,27,28)(H,32,33). The molecule has 1 unspecified atom stereocenters. The average molecular weight is 520 g/mol. The highest BCUT2D eigenvalue weighted by Crippen LogP contribution is 2.33. The van der Waals surface area contributed by atoms with Gasteiger partial charge in [0.2, 0.25) is 11.8 Å². The topological polar surface area (TPSA) is 165 Å². The lowest BCUT2D eigenvalue weighted by Gasteiger charge is -2.22. The van der Waals surface area contributed by atoms with Crippen LogP contribution >= 0.6 is 11.3 Å². The Balaban J connectivity index is 1.71. The number of phenolic OH excluding ortho intramolecular Hbond substituents is 2. The van der Waals surface area contributed by atoms with Crippen molar-refractivity contribution in [3.8, 4) is 11.5 Å². The first-order valence-electron chi connectivity index (χ1n) is 10.8. The van der Waals surface area contributed by atoms with Gasteiger partial charge in [0.1, 0.15) is 5.69 Å². The summed E-state index contributed by atoms with van der Waals surface area (Å²) in [7, 11) is 0. The molecular weight excluding hydrogens is 498 g/mol. The molecule has 37 heavy (non-hydrogen) atoms. The molecule has 1 aromatic heterocycles. The quantitative estimate of drug-likeness (QED) is 0.111. The predicted octanol–water partition coefficient (Wildman–Crippen LogP) is 4.02. The summed E-state index contributed by atoms with van der Waals surface area (Å²) in [5.74, 6) is -3.32. The zero-order valence-corrected chi connectivity index (χ0v) is 19.9. The van der Waals surface area contributed by atoms with Crippen molar-refractivity contribution in [2.45, 2.75) is 12.2 Å². The third kappa shape index (κ3) is 6.03. The SMILES string of the molecule is Nc1nc(C(=NOC(C(=O)OC(c2ccccc2)c2ccccc2)c2ccc(O)c(O)c2)C(=O)O)cs1. The molecule has 0 fully saturated rings. The summed E-state index contributed by atoms with van der Waals surface area (Å²) in [5, 5.41) is 34.5. The minimum atomic E-state index is -1.60. The van der Waals surface area contributed by atoms with Crippen molar-refractivity contribution in [1.82, 2.24) is 4.98 Å². The Labute approximate surface area is 214 Å². The van der Waals surface area contributed by atoms with Gasteiger partial charge in [0.15, 0.2) is 22.7 Å². The van der Waals surface area contributed by atoms with Crippen molar-refractivity contribution in [3.05, 3.63) is 107 Å². The summed E-state index contributed by atoms with van der Waals surface area (Å²) in [6.07, 6.45) is -2.43. The fourth-order valence-electron chi connectivity index (χ4n) is 3.40. The number of aliphatic carboxylic acids is 1. The van der Waals surface area contributed by atoms with E-state index in [1.807, 2.05) is 12.1 Å². The summed E-state index contributed by atoms with van der Waals surface area (Å²) in [5.41, 5.74) is 6.39. The first-order chi connectivity index (χ1) is 17.8. The van der Waals surface area contributed by atoms with E-state index in [0.717, 1.165) is 23.5 Å². The molecule has 11 heteroatoms. The number of nitrogens with zero attached hydrogens (tertiary/aromatic N) is 2. The molecule has 1 heterocycles. The Morgan fingerprint density at radius 1 is 0.892 bits per heavy atom. The van der Waals surface area contributed by atoms with Crippen LogP contribution in [0, 0.1) is 0 Å². The van der Waals surface area contributed by atoms with E-state index in [2.05, 4.69) is 10.1 Å². The van der Waals surface area contributed by atoms with E-state index in [1.54, 1.807) is 48.5 Å². The number of aromatic hydroxyl groups is 2. The van der Waals surface area contributed by atoms with Crippen molar-refractivity contribution in [2.24, 2.45) is 5.16 Å². The molecule has 0 bridgehead atoms. The zero-order chi connectivity index (χ0) is 26.4. The normalized spacial score (nSPS) is 12.2. The molecule has 4 aromatic rings. The lowest BCUT2D eigenvalue weighted by atomic mass is 10.0.